The first-order chi connectivity index (χ1) is 11.7. The molecule has 0 aliphatic carbocycles. The fraction of sp³-hybridized carbons (Fsp3) is 0.500. The Bertz CT molecular complexity index is 652. The zero-order valence-corrected chi connectivity index (χ0v) is 14.9. The van der Waals surface area contributed by atoms with Crippen molar-refractivity contribution in [2.75, 3.05) is 19.6 Å². The smallest absolute Gasteiger partial charge is 0.223 e. The molecule has 1 fully saturated rings. The van der Waals surface area contributed by atoms with E-state index in [1.165, 1.54) is 4.88 Å². The number of amides is 1. The molecule has 0 radical (unpaired) electrons. The van der Waals surface area contributed by atoms with Crippen LogP contribution in [0.4, 0.5) is 0 Å². The van der Waals surface area contributed by atoms with Gasteiger partial charge in [0.1, 0.15) is 0 Å². The maximum Gasteiger partial charge on any atom is 0.223 e. The number of nitrogens with one attached hydrogen (secondary N) is 1. The SMILES string of the molecule is Cc1ncsc1CN(C[C@H]1CCNC1)C(=O)CCc1ccncc1. The van der Waals surface area contributed by atoms with Crippen molar-refractivity contribution in [3.8, 4) is 0 Å². The van der Waals surface area contributed by atoms with Crippen LogP contribution in [0.2, 0.25) is 0 Å². The molecule has 1 aliphatic heterocycles. The minimum absolute atomic E-state index is 0.228. The van der Waals surface area contributed by atoms with Crippen molar-refractivity contribution in [2.45, 2.75) is 32.7 Å². The number of rotatable bonds is 7. The first-order valence-electron chi connectivity index (χ1n) is 8.48. The molecule has 128 valence electrons. The van der Waals surface area contributed by atoms with Crippen LogP contribution in [0.1, 0.15) is 29.0 Å². The number of aromatic nitrogens is 2. The van der Waals surface area contributed by atoms with Gasteiger partial charge in [0.05, 0.1) is 17.7 Å². The summed E-state index contributed by atoms with van der Waals surface area (Å²) in [6, 6.07) is 3.96. The molecule has 1 aliphatic rings. The Labute approximate surface area is 147 Å². The first-order valence-corrected chi connectivity index (χ1v) is 9.36. The number of carbonyl (C=O) groups excluding carboxylic acids is 1. The fourth-order valence-electron chi connectivity index (χ4n) is 3.05. The van der Waals surface area contributed by atoms with Gasteiger partial charge in [0.2, 0.25) is 5.91 Å². The quantitative estimate of drug-likeness (QED) is 0.838. The van der Waals surface area contributed by atoms with E-state index in [1.54, 1.807) is 23.7 Å². The van der Waals surface area contributed by atoms with Gasteiger partial charge >= 0.3 is 0 Å². The lowest BCUT2D eigenvalue weighted by molar-refractivity contribution is -0.132. The molecule has 5 nitrogen and oxygen atoms in total. The van der Waals surface area contributed by atoms with Crippen LogP contribution >= 0.6 is 11.3 Å². The molecule has 2 aromatic rings. The fourth-order valence-corrected chi connectivity index (χ4v) is 3.84. The molecular weight excluding hydrogens is 320 g/mol. The minimum Gasteiger partial charge on any atom is -0.337 e. The van der Waals surface area contributed by atoms with Crippen LogP contribution < -0.4 is 5.32 Å². The van der Waals surface area contributed by atoms with E-state index in [0.29, 0.717) is 18.9 Å². The number of carbonyl (C=O) groups is 1. The number of aryl methyl sites for hydroxylation is 2. The van der Waals surface area contributed by atoms with Crippen molar-refractivity contribution < 1.29 is 4.79 Å². The average Bonchev–Trinajstić information content (AvgIpc) is 3.25. The zero-order valence-electron chi connectivity index (χ0n) is 14.1. The molecule has 1 atom stereocenters. The van der Waals surface area contributed by atoms with Gasteiger partial charge in [0.15, 0.2) is 0 Å². The monoisotopic (exact) mass is 344 g/mol. The number of nitrogens with zero attached hydrogens (tertiary/aromatic N) is 3. The van der Waals surface area contributed by atoms with E-state index in [1.807, 2.05) is 29.5 Å². The topological polar surface area (TPSA) is 58.1 Å². The van der Waals surface area contributed by atoms with E-state index in [4.69, 9.17) is 0 Å². The molecule has 0 unspecified atom stereocenters. The highest BCUT2D eigenvalue weighted by atomic mass is 32.1. The second-order valence-corrected chi connectivity index (χ2v) is 7.29. The van der Waals surface area contributed by atoms with E-state index in [0.717, 1.165) is 43.7 Å². The summed E-state index contributed by atoms with van der Waals surface area (Å²) < 4.78 is 0. The lowest BCUT2D eigenvalue weighted by atomic mass is 10.1. The molecule has 24 heavy (non-hydrogen) atoms. The van der Waals surface area contributed by atoms with Gasteiger partial charge in [-0.15, -0.1) is 11.3 Å². The van der Waals surface area contributed by atoms with Crippen LogP contribution in [0.3, 0.4) is 0 Å². The normalized spacial score (nSPS) is 17.1. The van der Waals surface area contributed by atoms with E-state index in [-0.39, 0.29) is 5.91 Å². The predicted octanol–water partition coefficient (Wildman–Crippen LogP) is 2.42. The highest BCUT2D eigenvalue weighted by Crippen LogP contribution is 2.19. The summed E-state index contributed by atoms with van der Waals surface area (Å²) >= 11 is 1.64. The Morgan fingerprint density at radius 3 is 2.92 bits per heavy atom. The van der Waals surface area contributed by atoms with E-state index in [9.17, 15) is 4.79 Å². The van der Waals surface area contributed by atoms with Gasteiger partial charge in [-0.05, 0) is 56.5 Å². The maximum absolute atomic E-state index is 12.8. The van der Waals surface area contributed by atoms with Crippen molar-refractivity contribution in [2.24, 2.45) is 5.92 Å². The second-order valence-electron chi connectivity index (χ2n) is 6.35. The Hall–Kier alpha value is -1.79. The van der Waals surface area contributed by atoms with Crippen molar-refractivity contribution in [1.82, 2.24) is 20.2 Å². The molecule has 3 heterocycles. The maximum atomic E-state index is 12.8. The van der Waals surface area contributed by atoms with Gasteiger partial charge in [0, 0.05) is 30.2 Å². The van der Waals surface area contributed by atoms with Crippen LogP contribution in [0.5, 0.6) is 0 Å². The Kier molecular flexibility index (Phi) is 5.93. The van der Waals surface area contributed by atoms with E-state index < -0.39 is 0 Å². The number of thiazole rings is 1. The number of pyridine rings is 1. The lowest BCUT2D eigenvalue weighted by Gasteiger charge is -2.25. The summed E-state index contributed by atoms with van der Waals surface area (Å²) in [5.41, 5.74) is 4.06. The van der Waals surface area contributed by atoms with Gasteiger partial charge in [-0.2, -0.15) is 0 Å². The zero-order chi connectivity index (χ0) is 16.8. The molecule has 2 aromatic heterocycles. The highest BCUT2D eigenvalue weighted by Gasteiger charge is 2.22. The van der Waals surface area contributed by atoms with Gasteiger partial charge in [-0.25, -0.2) is 4.98 Å². The van der Waals surface area contributed by atoms with Crippen molar-refractivity contribution in [1.29, 1.82) is 0 Å². The standard InChI is InChI=1S/C18H24N4OS/c1-14-17(24-13-21-14)12-22(11-16-6-9-20-10-16)18(23)3-2-15-4-7-19-8-5-15/h4-5,7-8,13,16,20H,2-3,6,9-12H2,1H3/t16-/m0/s1. The molecule has 1 amide bonds. The Morgan fingerprint density at radius 2 is 2.25 bits per heavy atom. The molecular formula is C18H24N4OS. The molecule has 6 heteroatoms. The number of hydrogen-bond donors (Lipinski definition) is 1. The summed E-state index contributed by atoms with van der Waals surface area (Å²) in [4.78, 5) is 24.4. The summed E-state index contributed by atoms with van der Waals surface area (Å²) in [6.07, 6.45) is 6.02. The third kappa shape index (κ3) is 4.61. The van der Waals surface area contributed by atoms with Crippen molar-refractivity contribution in [3.63, 3.8) is 0 Å². The van der Waals surface area contributed by atoms with Crippen LogP contribution in [0, 0.1) is 12.8 Å². The molecule has 0 aromatic carbocycles. The second kappa shape index (κ2) is 8.35. The third-order valence-corrected chi connectivity index (χ3v) is 5.47. The molecule has 3 rings (SSSR count). The van der Waals surface area contributed by atoms with Crippen LogP contribution in [0.25, 0.3) is 0 Å². The Morgan fingerprint density at radius 1 is 1.42 bits per heavy atom. The number of hydrogen-bond acceptors (Lipinski definition) is 5. The first kappa shape index (κ1) is 17.0. The summed E-state index contributed by atoms with van der Waals surface area (Å²) in [7, 11) is 0. The molecule has 1 saturated heterocycles. The van der Waals surface area contributed by atoms with Gasteiger partial charge in [-0.3, -0.25) is 9.78 Å². The summed E-state index contributed by atoms with van der Waals surface area (Å²) in [5, 5.41) is 3.39. The predicted molar refractivity (Wildman–Crippen MR) is 95.8 cm³/mol. The van der Waals surface area contributed by atoms with Gasteiger partial charge in [-0.1, -0.05) is 0 Å². The summed E-state index contributed by atoms with van der Waals surface area (Å²) in [5.74, 6) is 0.787. The van der Waals surface area contributed by atoms with Crippen LogP contribution in [-0.2, 0) is 17.8 Å². The molecule has 0 spiro atoms. The largest absolute Gasteiger partial charge is 0.337 e. The molecule has 1 N–H and O–H groups in total. The average molecular weight is 344 g/mol. The Balaban J connectivity index is 1.63. The van der Waals surface area contributed by atoms with Crippen LogP contribution in [0.15, 0.2) is 30.0 Å². The molecule has 0 bridgehead atoms. The lowest BCUT2D eigenvalue weighted by Crippen LogP contribution is -2.35. The van der Waals surface area contributed by atoms with Gasteiger partial charge < -0.3 is 10.2 Å². The van der Waals surface area contributed by atoms with Gasteiger partial charge in [0.25, 0.3) is 0 Å². The summed E-state index contributed by atoms with van der Waals surface area (Å²) in [6.45, 7) is 5.60. The highest BCUT2D eigenvalue weighted by molar-refractivity contribution is 7.09. The molecule has 0 saturated carbocycles. The van der Waals surface area contributed by atoms with E-state index >= 15 is 0 Å². The third-order valence-electron chi connectivity index (χ3n) is 4.55. The van der Waals surface area contributed by atoms with Crippen LogP contribution in [-0.4, -0.2) is 40.4 Å². The minimum atomic E-state index is 0.228. The van der Waals surface area contributed by atoms with E-state index in [2.05, 4.69) is 15.3 Å². The van der Waals surface area contributed by atoms with Crippen molar-refractivity contribution in [3.05, 3.63) is 46.2 Å². The van der Waals surface area contributed by atoms with Crippen molar-refractivity contribution >= 4 is 17.2 Å².